The van der Waals surface area contributed by atoms with Gasteiger partial charge in [0.05, 0.1) is 0 Å². The summed E-state index contributed by atoms with van der Waals surface area (Å²) in [6.07, 6.45) is 2.83. The van der Waals surface area contributed by atoms with Crippen LogP contribution in [-0.4, -0.2) is 5.78 Å². The molecule has 0 aliphatic heterocycles. The number of ketones is 1. The number of carbonyl (C=O) groups excluding carboxylic acids is 1. The lowest BCUT2D eigenvalue weighted by atomic mass is 9.84. The third kappa shape index (κ3) is 1.47. The van der Waals surface area contributed by atoms with Gasteiger partial charge in [0.25, 0.3) is 0 Å². The van der Waals surface area contributed by atoms with Gasteiger partial charge in [-0.2, -0.15) is 0 Å². The van der Waals surface area contributed by atoms with E-state index in [0.29, 0.717) is 11.7 Å². The van der Waals surface area contributed by atoms with E-state index in [0.717, 1.165) is 24.8 Å². The zero-order chi connectivity index (χ0) is 10.1. The van der Waals surface area contributed by atoms with Crippen LogP contribution in [0.5, 0.6) is 0 Å². The highest BCUT2D eigenvalue weighted by atomic mass is 16.1. The molecular weight excluding hydrogens is 172 g/mol. The van der Waals surface area contributed by atoms with E-state index < -0.39 is 0 Å². The van der Waals surface area contributed by atoms with Gasteiger partial charge in [-0.25, -0.2) is 0 Å². The molecule has 0 spiro atoms. The fourth-order valence-corrected chi connectivity index (χ4v) is 2.21. The molecule has 1 aromatic rings. The van der Waals surface area contributed by atoms with Crippen LogP contribution in [0.1, 0.15) is 54.1 Å². The predicted molar refractivity (Wildman–Crippen MR) is 57.8 cm³/mol. The minimum absolute atomic E-state index is 0.343. The molecule has 0 radical (unpaired) electrons. The Morgan fingerprint density at radius 2 is 2.00 bits per heavy atom. The van der Waals surface area contributed by atoms with E-state index in [9.17, 15) is 4.79 Å². The van der Waals surface area contributed by atoms with Gasteiger partial charge in [0, 0.05) is 12.0 Å². The second kappa shape index (κ2) is 3.56. The first-order valence-electron chi connectivity index (χ1n) is 5.35. The van der Waals surface area contributed by atoms with E-state index in [1.54, 1.807) is 0 Å². The molecule has 1 aliphatic rings. The van der Waals surface area contributed by atoms with Crippen LogP contribution < -0.4 is 0 Å². The fraction of sp³-hybridized carbons (Fsp3) is 0.462. The summed E-state index contributed by atoms with van der Waals surface area (Å²) >= 11 is 0. The number of carbonyl (C=O) groups is 1. The maximum Gasteiger partial charge on any atom is 0.163 e. The first-order valence-corrected chi connectivity index (χ1v) is 5.35. The van der Waals surface area contributed by atoms with Crippen molar-refractivity contribution < 1.29 is 4.79 Å². The van der Waals surface area contributed by atoms with Crippen molar-refractivity contribution in [2.45, 2.75) is 39.0 Å². The Labute approximate surface area is 85.1 Å². The summed E-state index contributed by atoms with van der Waals surface area (Å²) in [6, 6.07) is 6.26. The Morgan fingerprint density at radius 1 is 1.21 bits per heavy atom. The Bertz CT molecular complexity index is 363. The first-order chi connectivity index (χ1) is 6.70. The van der Waals surface area contributed by atoms with Crippen LogP contribution in [-0.2, 0) is 6.42 Å². The Morgan fingerprint density at radius 3 is 2.71 bits per heavy atom. The second-order valence-electron chi connectivity index (χ2n) is 4.31. The Kier molecular flexibility index (Phi) is 2.40. The molecule has 0 saturated carbocycles. The van der Waals surface area contributed by atoms with Crippen LogP contribution in [0.3, 0.4) is 0 Å². The van der Waals surface area contributed by atoms with E-state index >= 15 is 0 Å². The van der Waals surface area contributed by atoms with Gasteiger partial charge in [-0.05, 0) is 29.9 Å². The summed E-state index contributed by atoms with van der Waals surface area (Å²) in [7, 11) is 0. The number of fused-ring (bicyclic) bond motifs is 1. The van der Waals surface area contributed by atoms with Gasteiger partial charge < -0.3 is 0 Å². The molecule has 0 aromatic heterocycles. The number of hydrogen-bond acceptors (Lipinski definition) is 1. The van der Waals surface area contributed by atoms with Gasteiger partial charge in [0.15, 0.2) is 5.78 Å². The summed E-state index contributed by atoms with van der Waals surface area (Å²) in [6.45, 7) is 4.30. The minimum atomic E-state index is 0.343. The molecule has 0 amide bonds. The van der Waals surface area contributed by atoms with Gasteiger partial charge in [0.2, 0.25) is 0 Å². The van der Waals surface area contributed by atoms with Crippen LogP contribution in [0.4, 0.5) is 0 Å². The topological polar surface area (TPSA) is 17.1 Å². The van der Waals surface area contributed by atoms with Crippen molar-refractivity contribution in [2.24, 2.45) is 0 Å². The van der Waals surface area contributed by atoms with Gasteiger partial charge in [-0.15, -0.1) is 0 Å². The van der Waals surface area contributed by atoms with Crippen molar-refractivity contribution in [3.63, 3.8) is 0 Å². The van der Waals surface area contributed by atoms with Crippen molar-refractivity contribution in [1.29, 1.82) is 0 Å². The molecule has 0 saturated heterocycles. The highest BCUT2D eigenvalue weighted by molar-refractivity contribution is 6.00. The lowest BCUT2D eigenvalue weighted by Crippen LogP contribution is -2.14. The number of benzene rings is 1. The number of Topliss-reactive ketones (excluding diaryl/α,β-unsaturated/α-hetero) is 1. The van der Waals surface area contributed by atoms with Crippen molar-refractivity contribution in [3.05, 3.63) is 34.9 Å². The molecule has 0 bridgehead atoms. The summed E-state index contributed by atoms with van der Waals surface area (Å²) in [5, 5.41) is 0. The zero-order valence-electron chi connectivity index (χ0n) is 8.84. The predicted octanol–water partition coefficient (Wildman–Crippen LogP) is 3.33. The maximum atomic E-state index is 11.8. The molecule has 1 nitrogen and oxygen atoms in total. The Hall–Kier alpha value is -1.11. The molecular formula is C13H16O. The first kappa shape index (κ1) is 9.45. The quantitative estimate of drug-likeness (QED) is 0.660. The third-order valence-corrected chi connectivity index (χ3v) is 2.93. The van der Waals surface area contributed by atoms with Crippen molar-refractivity contribution in [3.8, 4) is 0 Å². The smallest absolute Gasteiger partial charge is 0.163 e. The van der Waals surface area contributed by atoms with E-state index in [-0.39, 0.29) is 0 Å². The lowest BCUT2D eigenvalue weighted by molar-refractivity contribution is 0.0971. The third-order valence-electron chi connectivity index (χ3n) is 2.93. The molecule has 0 N–H and O–H groups in total. The largest absolute Gasteiger partial charge is 0.294 e. The molecule has 0 fully saturated rings. The fourth-order valence-electron chi connectivity index (χ4n) is 2.21. The average molecular weight is 188 g/mol. The van der Waals surface area contributed by atoms with Crippen LogP contribution >= 0.6 is 0 Å². The average Bonchev–Trinajstić information content (AvgIpc) is 2.17. The molecule has 74 valence electrons. The SMILES string of the molecule is CC(C)c1cccc2c1C(=O)CCC2. The van der Waals surface area contributed by atoms with Gasteiger partial charge >= 0.3 is 0 Å². The standard InChI is InChI=1S/C13H16O/c1-9(2)11-7-3-5-10-6-4-8-12(14)13(10)11/h3,5,7,9H,4,6,8H2,1-2H3. The highest BCUT2D eigenvalue weighted by Crippen LogP contribution is 2.28. The zero-order valence-corrected chi connectivity index (χ0v) is 8.84. The monoisotopic (exact) mass is 188 g/mol. The summed E-state index contributed by atoms with van der Waals surface area (Å²) in [5.74, 6) is 0.794. The maximum absolute atomic E-state index is 11.8. The van der Waals surface area contributed by atoms with E-state index in [2.05, 4.69) is 32.0 Å². The summed E-state index contributed by atoms with van der Waals surface area (Å²) < 4.78 is 0. The van der Waals surface area contributed by atoms with Gasteiger partial charge in [0.1, 0.15) is 0 Å². The van der Waals surface area contributed by atoms with Crippen molar-refractivity contribution in [1.82, 2.24) is 0 Å². The summed E-state index contributed by atoms with van der Waals surface area (Å²) in [4.78, 5) is 11.8. The molecule has 0 heterocycles. The van der Waals surface area contributed by atoms with Crippen molar-refractivity contribution >= 4 is 5.78 Å². The number of rotatable bonds is 1. The van der Waals surface area contributed by atoms with Crippen LogP contribution in [0.2, 0.25) is 0 Å². The lowest BCUT2D eigenvalue weighted by Gasteiger charge is -2.19. The Balaban J connectivity index is 2.57. The normalized spacial score (nSPS) is 15.8. The molecule has 1 aliphatic carbocycles. The number of aryl methyl sites for hydroxylation is 1. The minimum Gasteiger partial charge on any atom is -0.294 e. The summed E-state index contributed by atoms with van der Waals surface area (Å²) in [5.41, 5.74) is 3.51. The molecule has 1 aromatic carbocycles. The van der Waals surface area contributed by atoms with Gasteiger partial charge in [-0.3, -0.25) is 4.79 Å². The molecule has 0 atom stereocenters. The number of hydrogen-bond donors (Lipinski definition) is 0. The van der Waals surface area contributed by atoms with Crippen LogP contribution in [0, 0.1) is 0 Å². The van der Waals surface area contributed by atoms with E-state index in [1.807, 2.05) is 0 Å². The van der Waals surface area contributed by atoms with E-state index in [4.69, 9.17) is 0 Å². The van der Waals surface area contributed by atoms with Crippen molar-refractivity contribution in [2.75, 3.05) is 0 Å². The highest BCUT2D eigenvalue weighted by Gasteiger charge is 2.21. The molecule has 14 heavy (non-hydrogen) atoms. The molecule has 2 rings (SSSR count). The van der Waals surface area contributed by atoms with Gasteiger partial charge in [-0.1, -0.05) is 32.0 Å². The molecule has 1 heteroatoms. The van der Waals surface area contributed by atoms with Crippen LogP contribution in [0.25, 0.3) is 0 Å². The second-order valence-corrected chi connectivity index (χ2v) is 4.31. The molecule has 0 unspecified atom stereocenters. The van der Waals surface area contributed by atoms with Crippen LogP contribution in [0.15, 0.2) is 18.2 Å². The van der Waals surface area contributed by atoms with E-state index in [1.165, 1.54) is 11.1 Å².